The highest BCUT2D eigenvalue weighted by atomic mass is 32.2. The molecule has 23 heavy (non-hydrogen) atoms. The molecule has 0 bridgehead atoms. The number of hydrogen-bond acceptors (Lipinski definition) is 6. The molecule has 3 atom stereocenters. The number of benzene rings is 2. The number of rotatable bonds is 8. The maximum Gasteiger partial charge on any atom is 0.110 e. The minimum atomic E-state index is -1.42. The monoisotopic (exact) mass is 352 g/mol. The third-order valence-corrected chi connectivity index (χ3v) is 5.89. The van der Waals surface area contributed by atoms with Crippen LogP contribution in [0.15, 0.2) is 70.5 Å². The van der Waals surface area contributed by atoms with Crippen LogP contribution in [0.4, 0.5) is 0 Å². The Hall–Kier alpha value is -1.02. The van der Waals surface area contributed by atoms with Gasteiger partial charge in [-0.2, -0.15) is 0 Å². The van der Waals surface area contributed by atoms with E-state index >= 15 is 0 Å². The zero-order valence-electron chi connectivity index (χ0n) is 12.4. The van der Waals surface area contributed by atoms with Crippen molar-refractivity contribution < 1.29 is 20.4 Å². The predicted molar refractivity (Wildman–Crippen MR) is 93.5 cm³/mol. The summed E-state index contributed by atoms with van der Waals surface area (Å²) in [5, 5.41) is 39.0. The van der Waals surface area contributed by atoms with Gasteiger partial charge in [-0.3, -0.25) is 0 Å². The van der Waals surface area contributed by atoms with Crippen molar-refractivity contribution in [3.05, 3.63) is 60.7 Å². The minimum absolute atomic E-state index is 0.434. The lowest BCUT2D eigenvalue weighted by atomic mass is 10.1. The van der Waals surface area contributed by atoms with Crippen LogP contribution in [0.2, 0.25) is 0 Å². The largest absolute Gasteiger partial charge is 0.394 e. The van der Waals surface area contributed by atoms with Crippen LogP contribution in [-0.2, 0) is 0 Å². The van der Waals surface area contributed by atoms with Gasteiger partial charge in [0, 0.05) is 9.79 Å². The maximum atomic E-state index is 10.4. The molecule has 0 heterocycles. The lowest BCUT2D eigenvalue weighted by Crippen LogP contribution is -2.43. The van der Waals surface area contributed by atoms with Crippen LogP contribution < -0.4 is 0 Å². The zero-order chi connectivity index (χ0) is 16.7. The first kappa shape index (κ1) is 18.3. The normalized spacial score (nSPS) is 15.3. The van der Waals surface area contributed by atoms with Gasteiger partial charge in [-0.15, -0.1) is 23.5 Å². The molecular weight excluding hydrogens is 332 g/mol. The molecule has 0 aliphatic rings. The van der Waals surface area contributed by atoms with Crippen LogP contribution in [0.5, 0.6) is 0 Å². The molecule has 0 aliphatic heterocycles. The van der Waals surface area contributed by atoms with Crippen LogP contribution in [0.25, 0.3) is 0 Å². The summed E-state index contributed by atoms with van der Waals surface area (Å²) in [5.41, 5.74) is 0. The van der Waals surface area contributed by atoms with Gasteiger partial charge in [-0.05, 0) is 24.3 Å². The van der Waals surface area contributed by atoms with Crippen molar-refractivity contribution in [3.8, 4) is 0 Å². The van der Waals surface area contributed by atoms with Gasteiger partial charge in [0.2, 0.25) is 0 Å². The smallest absolute Gasteiger partial charge is 0.110 e. The van der Waals surface area contributed by atoms with Gasteiger partial charge in [0.05, 0.1) is 11.2 Å². The van der Waals surface area contributed by atoms with Gasteiger partial charge in [-0.1, -0.05) is 36.4 Å². The summed E-state index contributed by atoms with van der Waals surface area (Å²) in [6, 6.07) is 19.1. The third kappa shape index (κ3) is 5.53. The Labute approximate surface area is 144 Å². The second-order valence-corrected chi connectivity index (χ2v) is 7.69. The molecule has 0 amide bonds. The van der Waals surface area contributed by atoms with Crippen LogP contribution in [0.3, 0.4) is 0 Å². The van der Waals surface area contributed by atoms with Crippen LogP contribution in [0.1, 0.15) is 0 Å². The topological polar surface area (TPSA) is 80.9 Å². The van der Waals surface area contributed by atoms with Crippen molar-refractivity contribution in [2.24, 2.45) is 0 Å². The first-order valence-corrected chi connectivity index (χ1v) is 8.96. The molecule has 0 aliphatic carbocycles. The molecule has 0 saturated carbocycles. The van der Waals surface area contributed by atoms with Crippen molar-refractivity contribution in [1.29, 1.82) is 0 Å². The highest BCUT2D eigenvalue weighted by Gasteiger charge is 2.32. The first-order valence-electron chi connectivity index (χ1n) is 7.20. The molecule has 2 aromatic rings. The van der Waals surface area contributed by atoms with E-state index in [4.69, 9.17) is 5.11 Å². The van der Waals surface area contributed by atoms with E-state index in [1.807, 2.05) is 60.7 Å². The van der Waals surface area contributed by atoms with E-state index in [1.165, 1.54) is 23.5 Å². The van der Waals surface area contributed by atoms with Crippen molar-refractivity contribution >= 4 is 23.5 Å². The summed E-state index contributed by atoms with van der Waals surface area (Å²) < 4.78 is -0.434. The maximum absolute atomic E-state index is 10.4. The summed E-state index contributed by atoms with van der Waals surface area (Å²) in [6.07, 6.45) is -4.00. The molecule has 0 fully saturated rings. The third-order valence-electron chi connectivity index (χ3n) is 3.20. The molecule has 2 rings (SSSR count). The Morgan fingerprint density at radius 1 is 0.696 bits per heavy atom. The van der Waals surface area contributed by atoms with Crippen molar-refractivity contribution in [2.45, 2.75) is 32.7 Å². The quantitative estimate of drug-likeness (QED) is 0.430. The lowest BCUT2D eigenvalue weighted by molar-refractivity contribution is -0.0706. The molecule has 0 spiro atoms. The molecule has 2 aromatic carbocycles. The second kappa shape index (κ2) is 9.32. The summed E-state index contributed by atoms with van der Waals surface area (Å²) in [7, 11) is 0. The Morgan fingerprint density at radius 3 is 1.52 bits per heavy atom. The number of aliphatic hydroxyl groups excluding tert-OH is 4. The molecular formula is C17H20O4S2. The molecule has 0 saturated heterocycles. The number of thioether (sulfide) groups is 2. The van der Waals surface area contributed by atoms with Crippen LogP contribution in [0, 0.1) is 0 Å². The molecule has 4 nitrogen and oxygen atoms in total. The van der Waals surface area contributed by atoms with E-state index in [0.29, 0.717) is 0 Å². The van der Waals surface area contributed by atoms with Gasteiger partial charge >= 0.3 is 0 Å². The van der Waals surface area contributed by atoms with Crippen molar-refractivity contribution in [3.63, 3.8) is 0 Å². The summed E-state index contributed by atoms with van der Waals surface area (Å²) in [4.78, 5) is 1.90. The van der Waals surface area contributed by atoms with Crippen molar-refractivity contribution in [2.75, 3.05) is 6.61 Å². The number of hydrogen-bond donors (Lipinski definition) is 4. The van der Waals surface area contributed by atoms with E-state index in [9.17, 15) is 15.3 Å². The van der Waals surface area contributed by atoms with Crippen LogP contribution >= 0.6 is 23.5 Å². The average molecular weight is 352 g/mol. The van der Waals surface area contributed by atoms with Gasteiger partial charge in [-0.25, -0.2) is 0 Å². The number of aliphatic hydroxyl groups is 4. The molecule has 4 N–H and O–H groups in total. The molecule has 124 valence electrons. The standard InChI is InChI=1S/C17H20O4S2/c18-11-14(19)15(20)16(21)17(22-12-7-3-1-4-8-12)23-13-9-5-2-6-10-13/h1-10,14-21H,11H2/t14-,15-,16+/m1/s1. The van der Waals surface area contributed by atoms with E-state index in [-0.39, 0.29) is 0 Å². The lowest BCUT2D eigenvalue weighted by Gasteiger charge is -2.28. The second-order valence-electron chi connectivity index (χ2n) is 4.96. The van der Waals surface area contributed by atoms with E-state index < -0.39 is 29.5 Å². The predicted octanol–water partition coefficient (Wildman–Crippen LogP) is 1.97. The Balaban J connectivity index is 2.16. The Morgan fingerprint density at radius 2 is 1.13 bits per heavy atom. The zero-order valence-corrected chi connectivity index (χ0v) is 14.0. The van der Waals surface area contributed by atoms with Crippen LogP contribution in [-0.4, -0.2) is 49.9 Å². The van der Waals surface area contributed by atoms with Crippen molar-refractivity contribution in [1.82, 2.24) is 0 Å². The van der Waals surface area contributed by atoms with Gasteiger partial charge in [0.15, 0.2) is 0 Å². The van der Waals surface area contributed by atoms with Gasteiger partial charge in [0.25, 0.3) is 0 Å². The first-order chi connectivity index (χ1) is 11.1. The van der Waals surface area contributed by atoms with Gasteiger partial charge in [0.1, 0.15) is 18.3 Å². The fourth-order valence-electron chi connectivity index (χ4n) is 1.93. The SMILES string of the molecule is OC[C@@H](O)[C@@H](O)[C@H](O)C(Sc1ccccc1)Sc1ccccc1. The van der Waals surface area contributed by atoms with E-state index in [1.54, 1.807) is 0 Å². The molecule has 6 heteroatoms. The fraction of sp³-hybridized carbons (Fsp3) is 0.294. The summed E-state index contributed by atoms with van der Waals surface area (Å²) in [6.45, 7) is -0.600. The average Bonchev–Trinajstić information content (AvgIpc) is 2.61. The summed E-state index contributed by atoms with van der Waals surface area (Å²) >= 11 is 2.82. The highest BCUT2D eigenvalue weighted by Crippen LogP contribution is 2.38. The highest BCUT2D eigenvalue weighted by molar-refractivity contribution is 8.17. The minimum Gasteiger partial charge on any atom is -0.394 e. The van der Waals surface area contributed by atoms with Gasteiger partial charge < -0.3 is 20.4 Å². The summed E-state index contributed by atoms with van der Waals surface area (Å²) in [5.74, 6) is 0. The Kier molecular flexibility index (Phi) is 7.42. The fourth-order valence-corrected chi connectivity index (χ4v) is 4.55. The van der Waals surface area contributed by atoms with E-state index in [0.717, 1.165) is 9.79 Å². The Bertz CT molecular complexity index is 526. The molecule has 0 unspecified atom stereocenters. The van der Waals surface area contributed by atoms with E-state index in [2.05, 4.69) is 0 Å². The molecule has 0 aromatic heterocycles. The molecule has 0 radical (unpaired) electrons.